The summed E-state index contributed by atoms with van der Waals surface area (Å²) < 4.78 is 37.4. The van der Waals surface area contributed by atoms with Gasteiger partial charge >= 0.3 is 11.8 Å². The lowest BCUT2D eigenvalue weighted by Crippen LogP contribution is -2.47. The zero-order valence-corrected chi connectivity index (χ0v) is 17.1. The SMILES string of the molecule is COc1ccc(S(=O)(=O)N2CCO[C@@H]2CNC(=O)C(=O)NCc2cccnc2)cc1. The normalized spacial score (nSPS) is 16.8. The molecule has 2 N–H and O–H groups in total. The molecule has 10 nitrogen and oxygen atoms in total. The van der Waals surface area contributed by atoms with Crippen LogP contribution in [0, 0.1) is 0 Å². The fourth-order valence-electron chi connectivity index (χ4n) is 2.85. The van der Waals surface area contributed by atoms with Crippen molar-refractivity contribution >= 4 is 21.8 Å². The Hall–Kier alpha value is -3.02. The van der Waals surface area contributed by atoms with Crippen LogP contribution >= 0.6 is 0 Å². The number of amides is 2. The summed E-state index contributed by atoms with van der Waals surface area (Å²) in [5.41, 5.74) is 0.745. The Kier molecular flexibility index (Phi) is 6.98. The van der Waals surface area contributed by atoms with Crippen molar-refractivity contribution in [2.45, 2.75) is 17.7 Å². The predicted molar refractivity (Wildman–Crippen MR) is 106 cm³/mol. The number of carbonyl (C=O) groups excluding carboxylic acids is 2. The van der Waals surface area contributed by atoms with E-state index in [2.05, 4.69) is 15.6 Å². The molecule has 2 aromatic rings. The van der Waals surface area contributed by atoms with Gasteiger partial charge in [0.1, 0.15) is 12.0 Å². The first kappa shape index (κ1) is 21.7. The highest BCUT2D eigenvalue weighted by Gasteiger charge is 2.36. The van der Waals surface area contributed by atoms with E-state index < -0.39 is 28.1 Å². The molecular formula is C19H22N4O6S. The molecule has 160 valence electrons. The molecule has 3 rings (SSSR count). The number of aromatic nitrogens is 1. The molecule has 1 aromatic heterocycles. The van der Waals surface area contributed by atoms with Crippen LogP contribution in [0.4, 0.5) is 0 Å². The smallest absolute Gasteiger partial charge is 0.309 e. The second kappa shape index (κ2) is 9.65. The molecule has 0 spiro atoms. The van der Waals surface area contributed by atoms with Crippen molar-refractivity contribution in [2.24, 2.45) is 0 Å². The first-order chi connectivity index (χ1) is 14.4. The van der Waals surface area contributed by atoms with Gasteiger partial charge in [0.25, 0.3) is 0 Å². The number of methoxy groups -OCH3 is 1. The average Bonchev–Trinajstić information content (AvgIpc) is 3.26. The predicted octanol–water partition coefficient (Wildman–Crippen LogP) is -0.130. The largest absolute Gasteiger partial charge is 0.497 e. The Balaban J connectivity index is 1.56. The molecule has 30 heavy (non-hydrogen) atoms. The molecule has 1 fully saturated rings. The number of carbonyl (C=O) groups is 2. The van der Waals surface area contributed by atoms with Gasteiger partial charge in [0.2, 0.25) is 10.0 Å². The monoisotopic (exact) mass is 434 g/mol. The van der Waals surface area contributed by atoms with E-state index in [1.165, 1.54) is 19.2 Å². The number of nitrogens with zero attached hydrogens (tertiary/aromatic N) is 2. The lowest BCUT2D eigenvalue weighted by Gasteiger charge is -2.23. The molecule has 1 atom stereocenters. The first-order valence-corrected chi connectivity index (χ1v) is 10.6. The van der Waals surface area contributed by atoms with Crippen molar-refractivity contribution in [3.8, 4) is 5.75 Å². The first-order valence-electron chi connectivity index (χ1n) is 9.14. The van der Waals surface area contributed by atoms with E-state index in [1.807, 2.05) is 0 Å². The minimum Gasteiger partial charge on any atom is -0.497 e. The van der Waals surface area contributed by atoms with E-state index in [-0.39, 0.29) is 31.1 Å². The van der Waals surface area contributed by atoms with Crippen LogP contribution in [-0.4, -0.2) is 62.6 Å². The summed E-state index contributed by atoms with van der Waals surface area (Å²) in [6.45, 7) is 0.317. The third kappa shape index (κ3) is 5.12. The Morgan fingerprint density at radius 2 is 1.93 bits per heavy atom. The third-order valence-electron chi connectivity index (χ3n) is 4.43. The molecule has 1 aliphatic rings. The average molecular weight is 434 g/mol. The number of hydrogen-bond acceptors (Lipinski definition) is 7. The summed E-state index contributed by atoms with van der Waals surface area (Å²) in [7, 11) is -2.34. The van der Waals surface area contributed by atoms with Crippen LogP contribution in [-0.2, 0) is 30.9 Å². The van der Waals surface area contributed by atoms with Crippen LogP contribution in [0.25, 0.3) is 0 Å². The van der Waals surface area contributed by atoms with Crippen LogP contribution in [0.1, 0.15) is 5.56 Å². The van der Waals surface area contributed by atoms with Crippen molar-refractivity contribution in [1.29, 1.82) is 0 Å². The standard InChI is InChI=1S/C19H22N4O6S/c1-28-15-4-6-16(7-5-15)30(26,27)23-9-10-29-17(23)13-22-19(25)18(24)21-12-14-3-2-8-20-11-14/h2-8,11,17H,9-10,12-13H2,1H3,(H,21,24)(H,22,25)/t17-/m1/s1. The third-order valence-corrected chi connectivity index (χ3v) is 6.33. The zero-order valence-electron chi connectivity index (χ0n) is 16.3. The van der Waals surface area contributed by atoms with Gasteiger partial charge < -0.3 is 20.1 Å². The van der Waals surface area contributed by atoms with E-state index in [9.17, 15) is 18.0 Å². The van der Waals surface area contributed by atoms with E-state index in [0.29, 0.717) is 5.75 Å². The number of sulfonamides is 1. The molecule has 0 unspecified atom stereocenters. The molecule has 1 aromatic carbocycles. The summed E-state index contributed by atoms with van der Waals surface area (Å²) in [6.07, 6.45) is 2.27. The molecule has 0 aliphatic carbocycles. The van der Waals surface area contributed by atoms with Gasteiger partial charge in [0.15, 0.2) is 0 Å². The van der Waals surface area contributed by atoms with Crippen LogP contribution in [0.15, 0.2) is 53.7 Å². The van der Waals surface area contributed by atoms with Gasteiger partial charge in [0, 0.05) is 25.5 Å². The maximum atomic E-state index is 12.9. The second-order valence-electron chi connectivity index (χ2n) is 6.37. The number of nitrogens with one attached hydrogen (secondary N) is 2. The van der Waals surface area contributed by atoms with Crippen molar-refractivity contribution in [3.63, 3.8) is 0 Å². The summed E-state index contributed by atoms with van der Waals surface area (Å²) in [4.78, 5) is 28.0. The summed E-state index contributed by atoms with van der Waals surface area (Å²) in [5.74, 6) is -1.18. The number of benzene rings is 1. The Bertz CT molecular complexity index is 982. The Morgan fingerprint density at radius 1 is 1.20 bits per heavy atom. The van der Waals surface area contributed by atoms with Crippen molar-refractivity contribution < 1.29 is 27.5 Å². The maximum absolute atomic E-state index is 12.9. The summed E-state index contributed by atoms with van der Waals surface area (Å²) in [5, 5.41) is 4.89. The number of rotatable bonds is 7. The quantitative estimate of drug-likeness (QED) is 0.581. The lowest BCUT2D eigenvalue weighted by molar-refractivity contribution is -0.139. The van der Waals surface area contributed by atoms with Crippen LogP contribution in [0.3, 0.4) is 0 Å². The van der Waals surface area contributed by atoms with Gasteiger partial charge in [-0.2, -0.15) is 4.31 Å². The molecule has 2 amide bonds. The van der Waals surface area contributed by atoms with Gasteiger partial charge in [-0.25, -0.2) is 8.42 Å². The van der Waals surface area contributed by atoms with Crippen molar-refractivity contribution in [3.05, 3.63) is 54.4 Å². The van der Waals surface area contributed by atoms with E-state index in [4.69, 9.17) is 9.47 Å². The molecule has 11 heteroatoms. The van der Waals surface area contributed by atoms with Crippen LogP contribution in [0.5, 0.6) is 5.75 Å². The molecule has 0 radical (unpaired) electrons. The summed E-state index contributed by atoms with van der Waals surface area (Å²) >= 11 is 0. The summed E-state index contributed by atoms with van der Waals surface area (Å²) in [6, 6.07) is 9.46. The van der Waals surface area contributed by atoms with Crippen LogP contribution in [0.2, 0.25) is 0 Å². The van der Waals surface area contributed by atoms with Gasteiger partial charge in [-0.1, -0.05) is 6.07 Å². The minimum absolute atomic E-state index is 0.0827. The number of hydrogen-bond donors (Lipinski definition) is 2. The molecule has 1 aliphatic heterocycles. The van der Waals surface area contributed by atoms with E-state index in [1.54, 1.807) is 36.7 Å². The Labute approximate surface area is 174 Å². The molecule has 0 saturated carbocycles. The van der Waals surface area contributed by atoms with Gasteiger partial charge in [-0.05, 0) is 35.9 Å². The second-order valence-corrected chi connectivity index (χ2v) is 8.26. The van der Waals surface area contributed by atoms with Gasteiger partial charge in [-0.3, -0.25) is 14.6 Å². The van der Waals surface area contributed by atoms with Gasteiger partial charge in [-0.15, -0.1) is 0 Å². The van der Waals surface area contributed by atoms with Crippen molar-refractivity contribution in [2.75, 3.05) is 26.8 Å². The maximum Gasteiger partial charge on any atom is 0.309 e. The van der Waals surface area contributed by atoms with Crippen molar-refractivity contribution in [1.82, 2.24) is 19.9 Å². The number of ether oxygens (including phenoxy) is 2. The molecule has 0 bridgehead atoms. The molecular weight excluding hydrogens is 412 g/mol. The zero-order chi connectivity index (χ0) is 21.6. The highest BCUT2D eigenvalue weighted by Crippen LogP contribution is 2.23. The Morgan fingerprint density at radius 3 is 2.60 bits per heavy atom. The van der Waals surface area contributed by atoms with Gasteiger partial charge in [0.05, 0.1) is 25.2 Å². The van der Waals surface area contributed by atoms with E-state index in [0.717, 1.165) is 9.87 Å². The molecule has 1 saturated heterocycles. The number of pyridine rings is 1. The highest BCUT2D eigenvalue weighted by molar-refractivity contribution is 7.89. The molecule has 2 heterocycles. The highest BCUT2D eigenvalue weighted by atomic mass is 32.2. The lowest BCUT2D eigenvalue weighted by atomic mass is 10.3. The topological polar surface area (TPSA) is 127 Å². The fourth-order valence-corrected chi connectivity index (χ4v) is 4.36. The van der Waals surface area contributed by atoms with E-state index >= 15 is 0 Å². The fraction of sp³-hybridized carbons (Fsp3) is 0.316. The minimum atomic E-state index is -3.83. The van der Waals surface area contributed by atoms with Crippen LogP contribution < -0.4 is 15.4 Å².